The minimum Gasteiger partial charge on any atom is -0.456 e. The molecule has 0 unspecified atom stereocenters. The first-order valence-corrected chi connectivity index (χ1v) is 6.31. The smallest absolute Gasteiger partial charge is 0.291 e. The van der Waals surface area contributed by atoms with E-state index in [1.54, 1.807) is 6.07 Å². The summed E-state index contributed by atoms with van der Waals surface area (Å²) in [5, 5.41) is 2.78. The Kier molecular flexibility index (Phi) is 4.05. The second kappa shape index (κ2) is 5.74. The molecule has 4 heteroatoms. The molecule has 0 aliphatic heterocycles. The molecular weight excluding hydrogens is 250 g/mol. The van der Waals surface area contributed by atoms with E-state index >= 15 is 0 Å². The number of benzene rings is 1. The molecule has 0 aliphatic rings. The molecule has 0 aliphatic carbocycles. The Balaban J connectivity index is 2.10. The molecule has 0 bridgehead atoms. The second-order valence-corrected chi connectivity index (χ2v) is 4.17. The van der Waals surface area contributed by atoms with Crippen molar-refractivity contribution >= 4 is 23.2 Å². The molecule has 0 atom stereocenters. The van der Waals surface area contributed by atoms with Gasteiger partial charge in [-0.2, -0.15) is 0 Å². The van der Waals surface area contributed by atoms with E-state index in [0.717, 1.165) is 17.7 Å². The van der Waals surface area contributed by atoms with Gasteiger partial charge < -0.3 is 9.73 Å². The number of furan rings is 1. The van der Waals surface area contributed by atoms with E-state index in [0.29, 0.717) is 17.3 Å². The van der Waals surface area contributed by atoms with Gasteiger partial charge in [-0.3, -0.25) is 4.79 Å². The standard InChI is InChI=1S/C14H14ClNO2/c1-2-12-6-7-13(18-12)14(17)16-11-5-3-4-10(8-11)9-15/h3-8H,2,9H2,1H3,(H,16,17). The van der Waals surface area contributed by atoms with E-state index in [1.165, 1.54) is 0 Å². The minimum absolute atomic E-state index is 0.249. The molecule has 0 spiro atoms. The van der Waals surface area contributed by atoms with Gasteiger partial charge in [-0.15, -0.1) is 11.6 Å². The lowest BCUT2D eigenvalue weighted by Gasteiger charge is -2.04. The van der Waals surface area contributed by atoms with Crippen molar-refractivity contribution in [2.45, 2.75) is 19.2 Å². The number of halogens is 1. The third-order valence-corrected chi connectivity index (χ3v) is 2.88. The number of aryl methyl sites for hydroxylation is 1. The molecule has 1 amide bonds. The number of carbonyl (C=O) groups excluding carboxylic acids is 1. The third-order valence-electron chi connectivity index (χ3n) is 2.57. The van der Waals surface area contributed by atoms with Crippen LogP contribution in [0.15, 0.2) is 40.8 Å². The van der Waals surface area contributed by atoms with E-state index in [2.05, 4.69) is 5.32 Å². The summed E-state index contributed by atoms with van der Waals surface area (Å²) in [4.78, 5) is 11.9. The van der Waals surface area contributed by atoms with Crippen LogP contribution in [-0.4, -0.2) is 5.91 Å². The highest BCUT2D eigenvalue weighted by Crippen LogP contribution is 2.15. The molecule has 2 rings (SSSR count). The molecule has 1 aromatic carbocycles. The van der Waals surface area contributed by atoms with E-state index in [-0.39, 0.29) is 5.91 Å². The van der Waals surface area contributed by atoms with Gasteiger partial charge in [0.2, 0.25) is 0 Å². The molecule has 1 N–H and O–H groups in total. The van der Waals surface area contributed by atoms with Gasteiger partial charge in [-0.05, 0) is 29.8 Å². The highest BCUT2D eigenvalue weighted by Gasteiger charge is 2.10. The van der Waals surface area contributed by atoms with Crippen molar-refractivity contribution < 1.29 is 9.21 Å². The van der Waals surface area contributed by atoms with Crippen molar-refractivity contribution in [3.8, 4) is 0 Å². The number of hydrogen-bond donors (Lipinski definition) is 1. The summed E-state index contributed by atoms with van der Waals surface area (Å²) in [5.41, 5.74) is 1.68. The Labute approximate surface area is 111 Å². The minimum atomic E-state index is -0.249. The fraction of sp³-hybridized carbons (Fsp3) is 0.214. The lowest BCUT2D eigenvalue weighted by atomic mass is 10.2. The van der Waals surface area contributed by atoms with Crippen molar-refractivity contribution in [1.82, 2.24) is 0 Å². The highest BCUT2D eigenvalue weighted by atomic mass is 35.5. The topological polar surface area (TPSA) is 42.2 Å². The van der Waals surface area contributed by atoms with Crippen LogP contribution in [0, 0.1) is 0 Å². The van der Waals surface area contributed by atoms with Gasteiger partial charge in [0.1, 0.15) is 5.76 Å². The van der Waals surface area contributed by atoms with Gasteiger partial charge in [0.05, 0.1) is 0 Å². The van der Waals surface area contributed by atoms with E-state index in [9.17, 15) is 4.79 Å². The third kappa shape index (κ3) is 2.93. The Morgan fingerprint density at radius 2 is 2.17 bits per heavy atom. The number of rotatable bonds is 4. The van der Waals surface area contributed by atoms with Gasteiger partial charge >= 0.3 is 0 Å². The van der Waals surface area contributed by atoms with E-state index in [4.69, 9.17) is 16.0 Å². The summed E-state index contributed by atoms with van der Waals surface area (Å²) >= 11 is 5.74. The van der Waals surface area contributed by atoms with Crippen LogP contribution in [-0.2, 0) is 12.3 Å². The Morgan fingerprint density at radius 3 is 2.83 bits per heavy atom. The molecule has 0 fully saturated rings. The van der Waals surface area contributed by atoms with Crippen LogP contribution in [0.3, 0.4) is 0 Å². The fourth-order valence-electron chi connectivity index (χ4n) is 1.61. The Bertz CT molecular complexity index is 548. The monoisotopic (exact) mass is 263 g/mol. The summed E-state index contributed by atoms with van der Waals surface area (Å²) in [5.74, 6) is 1.30. The molecular formula is C14H14ClNO2. The molecule has 0 saturated heterocycles. The van der Waals surface area contributed by atoms with E-state index < -0.39 is 0 Å². The van der Waals surface area contributed by atoms with Gasteiger partial charge in [-0.1, -0.05) is 19.1 Å². The SMILES string of the molecule is CCc1ccc(C(=O)Nc2cccc(CCl)c2)o1. The van der Waals surface area contributed by atoms with Crippen molar-refractivity contribution in [2.75, 3.05) is 5.32 Å². The van der Waals surface area contributed by atoms with Gasteiger partial charge in [-0.25, -0.2) is 0 Å². The summed E-state index contributed by atoms with van der Waals surface area (Å²) in [6, 6.07) is 10.9. The molecule has 0 radical (unpaired) electrons. The predicted octanol–water partition coefficient (Wildman–Crippen LogP) is 3.83. The first kappa shape index (κ1) is 12.7. The number of amides is 1. The molecule has 0 saturated carbocycles. The molecule has 94 valence electrons. The summed E-state index contributed by atoms with van der Waals surface area (Å²) in [7, 11) is 0. The number of carbonyl (C=O) groups is 1. The molecule has 3 nitrogen and oxygen atoms in total. The van der Waals surface area contributed by atoms with Crippen molar-refractivity contribution in [3.05, 3.63) is 53.5 Å². The Hall–Kier alpha value is -1.74. The van der Waals surface area contributed by atoms with Gasteiger partial charge in [0, 0.05) is 18.0 Å². The molecule has 18 heavy (non-hydrogen) atoms. The normalized spacial score (nSPS) is 10.3. The van der Waals surface area contributed by atoms with Crippen molar-refractivity contribution in [3.63, 3.8) is 0 Å². The maximum Gasteiger partial charge on any atom is 0.291 e. The van der Waals surface area contributed by atoms with Crippen LogP contribution in [0.25, 0.3) is 0 Å². The first-order valence-electron chi connectivity index (χ1n) is 5.78. The molecule has 1 heterocycles. The average molecular weight is 264 g/mol. The fourth-order valence-corrected chi connectivity index (χ4v) is 1.78. The average Bonchev–Trinajstić information content (AvgIpc) is 2.88. The predicted molar refractivity (Wildman–Crippen MR) is 72.0 cm³/mol. The van der Waals surface area contributed by atoms with Crippen LogP contribution >= 0.6 is 11.6 Å². The summed E-state index contributed by atoms with van der Waals surface area (Å²) in [6.45, 7) is 1.98. The van der Waals surface area contributed by atoms with Crippen LogP contribution < -0.4 is 5.32 Å². The Morgan fingerprint density at radius 1 is 1.33 bits per heavy atom. The molecule has 2 aromatic rings. The van der Waals surface area contributed by atoms with Crippen LogP contribution in [0.4, 0.5) is 5.69 Å². The zero-order valence-electron chi connectivity index (χ0n) is 10.1. The zero-order valence-corrected chi connectivity index (χ0v) is 10.8. The van der Waals surface area contributed by atoms with Gasteiger partial charge in [0.25, 0.3) is 5.91 Å². The number of anilines is 1. The van der Waals surface area contributed by atoms with Crippen LogP contribution in [0.1, 0.15) is 28.8 Å². The summed E-state index contributed by atoms with van der Waals surface area (Å²) < 4.78 is 5.39. The number of hydrogen-bond acceptors (Lipinski definition) is 2. The maximum atomic E-state index is 11.9. The van der Waals surface area contributed by atoms with Gasteiger partial charge in [0.15, 0.2) is 5.76 Å². The maximum absolute atomic E-state index is 11.9. The number of nitrogens with one attached hydrogen (secondary N) is 1. The zero-order chi connectivity index (χ0) is 13.0. The molecule has 1 aromatic heterocycles. The van der Waals surface area contributed by atoms with Crippen molar-refractivity contribution in [1.29, 1.82) is 0 Å². The lowest BCUT2D eigenvalue weighted by molar-refractivity contribution is 0.0995. The van der Waals surface area contributed by atoms with Crippen LogP contribution in [0.5, 0.6) is 0 Å². The second-order valence-electron chi connectivity index (χ2n) is 3.91. The summed E-state index contributed by atoms with van der Waals surface area (Å²) in [6.07, 6.45) is 0.773. The number of alkyl halides is 1. The highest BCUT2D eigenvalue weighted by molar-refractivity contribution is 6.17. The first-order chi connectivity index (χ1) is 8.72. The van der Waals surface area contributed by atoms with E-state index in [1.807, 2.05) is 37.3 Å². The van der Waals surface area contributed by atoms with Crippen molar-refractivity contribution in [2.24, 2.45) is 0 Å². The largest absolute Gasteiger partial charge is 0.456 e. The lowest BCUT2D eigenvalue weighted by Crippen LogP contribution is -2.10. The quantitative estimate of drug-likeness (QED) is 0.852. The van der Waals surface area contributed by atoms with Crippen LogP contribution in [0.2, 0.25) is 0 Å².